The van der Waals surface area contributed by atoms with E-state index in [4.69, 9.17) is 0 Å². The number of sulfonamides is 1. The fraction of sp³-hybridized carbons (Fsp3) is 0.176. The normalized spacial score (nSPS) is 11.8. The Labute approximate surface area is 150 Å². The molecule has 0 aliphatic rings. The summed E-state index contributed by atoms with van der Waals surface area (Å²) in [5.74, 6) is -0.238. The Bertz CT molecular complexity index is 1060. The molecular weight excluding hydrogens is 358 g/mol. The standard InChI is InChI=1S/C17H17N3O3S2/c1-11-6-4-5-7-13(11)16(21)19-17-18-14-9-8-12(10-15(14)24-17)25(22,23)20(2)3/h4-10H,1-3H3,(H,18,19,21). The van der Waals surface area contributed by atoms with Crippen molar-refractivity contribution in [2.24, 2.45) is 0 Å². The van der Waals surface area contributed by atoms with E-state index < -0.39 is 10.0 Å². The number of anilines is 1. The van der Waals surface area contributed by atoms with E-state index in [1.807, 2.05) is 19.1 Å². The fourth-order valence-corrected chi connectivity index (χ4v) is 4.23. The summed E-state index contributed by atoms with van der Waals surface area (Å²) < 4.78 is 26.3. The molecule has 0 spiro atoms. The molecular formula is C17H17N3O3S2. The number of benzene rings is 2. The highest BCUT2D eigenvalue weighted by Gasteiger charge is 2.19. The van der Waals surface area contributed by atoms with Crippen molar-refractivity contribution in [2.45, 2.75) is 11.8 Å². The predicted molar refractivity (Wildman–Crippen MR) is 99.6 cm³/mol. The largest absolute Gasteiger partial charge is 0.298 e. The van der Waals surface area contributed by atoms with E-state index in [0.717, 1.165) is 9.87 Å². The molecule has 25 heavy (non-hydrogen) atoms. The van der Waals surface area contributed by atoms with Gasteiger partial charge in [-0.3, -0.25) is 10.1 Å². The summed E-state index contributed by atoms with van der Waals surface area (Å²) in [6.45, 7) is 1.87. The van der Waals surface area contributed by atoms with Crippen LogP contribution < -0.4 is 5.32 Å². The third-order valence-corrected chi connectivity index (χ3v) is 6.49. The number of fused-ring (bicyclic) bond motifs is 1. The number of hydrogen-bond acceptors (Lipinski definition) is 5. The van der Waals surface area contributed by atoms with E-state index in [-0.39, 0.29) is 10.8 Å². The van der Waals surface area contributed by atoms with E-state index in [9.17, 15) is 13.2 Å². The van der Waals surface area contributed by atoms with Gasteiger partial charge in [-0.15, -0.1) is 0 Å². The van der Waals surface area contributed by atoms with Gasteiger partial charge in [0.05, 0.1) is 15.1 Å². The number of amides is 1. The van der Waals surface area contributed by atoms with Gasteiger partial charge in [-0.2, -0.15) is 0 Å². The summed E-state index contributed by atoms with van der Waals surface area (Å²) in [7, 11) is -0.534. The molecule has 0 saturated heterocycles. The van der Waals surface area contributed by atoms with Gasteiger partial charge in [0.15, 0.2) is 5.13 Å². The van der Waals surface area contributed by atoms with Gasteiger partial charge in [0.1, 0.15) is 0 Å². The van der Waals surface area contributed by atoms with Crippen molar-refractivity contribution in [3.05, 3.63) is 53.6 Å². The number of carbonyl (C=O) groups excluding carboxylic acids is 1. The van der Waals surface area contributed by atoms with Gasteiger partial charge >= 0.3 is 0 Å². The Morgan fingerprint density at radius 1 is 1.16 bits per heavy atom. The Balaban J connectivity index is 1.92. The van der Waals surface area contributed by atoms with Crippen LogP contribution in [0.3, 0.4) is 0 Å². The molecule has 0 unspecified atom stereocenters. The molecule has 0 radical (unpaired) electrons. The van der Waals surface area contributed by atoms with E-state index in [1.165, 1.54) is 31.5 Å². The van der Waals surface area contributed by atoms with Crippen LogP contribution in [-0.4, -0.2) is 37.7 Å². The third-order valence-electron chi connectivity index (χ3n) is 3.75. The molecule has 0 atom stereocenters. The molecule has 1 aromatic heterocycles. The lowest BCUT2D eigenvalue weighted by atomic mass is 10.1. The molecule has 3 aromatic rings. The molecule has 0 saturated carbocycles. The van der Waals surface area contributed by atoms with Gasteiger partial charge in [-0.05, 0) is 36.8 Å². The van der Waals surface area contributed by atoms with Crippen LogP contribution in [0.5, 0.6) is 0 Å². The summed E-state index contributed by atoms with van der Waals surface area (Å²) in [5, 5.41) is 3.21. The Kier molecular flexibility index (Phi) is 4.59. The van der Waals surface area contributed by atoms with Crippen LogP contribution in [0, 0.1) is 6.92 Å². The maximum Gasteiger partial charge on any atom is 0.257 e. The summed E-state index contributed by atoms with van der Waals surface area (Å²) >= 11 is 1.24. The van der Waals surface area contributed by atoms with E-state index in [0.29, 0.717) is 20.9 Å². The molecule has 0 aliphatic heterocycles. The highest BCUT2D eigenvalue weighted by atomic mass is 32.2. The predicted octanol–water partition coefficient (Wildman–Crippen LogP) is 3.11. The number of aryl methyl sites for hydroxylation is 1. The highest BCUT2D eigenvalue weighted by Crippen LogP contribution is 2.29. The summed E-state index contributed by atoms with van der Waals surface area (Å²) in [6, 6.07) is 12.0. The smallest absolute Gasteiger partial charge is 0.257 e. The SMILES string of the molecule is Cc1ccccc1C(=O)Nc1nc2ccc(S(=O)(=O)N(C)C)cc2s1. The molecule has 8 heteroatoms. The molecule has 0 aliphatic carbocycles. The topological polar surface area (TPSA) is 79.4 Å². The second-order valence-electron chi connectivity index (χ2n) is 5.71. The van der Waals surface area contributed by atoms with Crippen molar-refractivity contribution < 1.29 is 13.2 Å². The van der Waals surface area contributed by atoms with Crippen LogP contribution in [-0.2, 0) is 10.0 Å². The number of aromatic nitrogens is 1. The van der Waals surface area contributed by atoms with Crippen molar-refractivity contribution in [3.8, 4) is 0 Å². The van der Waals surface area contributed by atoms with Gasteiger partial charge in [0, 0.05) is 19.7 Å². The average molecular weight is 375 g/mol. The summed E-state index contributed by atoms with van der Waals surface area (Å²) in [6.07, 6.45) is 0. The number of rotatable bonds is 4. The van der Waals surface area contributed by atoms with Gasteiger partial charge in [0.2, 0.25) is 10.0 Å². The highest BCUT2D eigenvalue weighted by molar-refractivity contribution is 7.89. The molecule has 1 heterocycles. The first-order valence-corrected chi connectivity index (χ1v) is 9.75. The Morgan fingerprint density at radius 3 is 2.56 bits per heavy atom. The maximum atomic E-state index is 12.4. The average Bonchev–Trinajstić information content (AvgIpc) is 2.96. The van der Waals surface area contributed by atoms with Crippen molar-refractivity contribution in [1.29, 1.82) is 0 Å². The molecule has 0 bridgehead atoms. The van der Waals surface area contributed by atoms with Crippen molar-refractivity contribution in [3.63, 3.8) is 0 Å². The monoisotopic (exact) mass is 375 g/mol. The van der Waals surface area contributed by atoms with Gasteiger partial charge in [-0.25, -0.2) is 17.7 Å². The van der Waals surface area contributed by atoms with Crippen LogP contribution in [0.15, 0.2) is 47.4 Å². The first-order valence-electron chi connectivity index (χ1n) is 7.49. The van der Waals surface area contributed by atoms with Crippen LogP contribution in [0.4, 0.5) is 5.13 Å². The fourth-order valence-electron chi connectivity index (χ4n) is 2.32. The number of nitrogens with one attached hydrogen (secondary N) is 1. The van der Waals surface area contributed by atoms with Gasteiger partial charge < -0.3 is 0 Å². The number of thiazole rings is 1. The minimum atomic E-state index is -3.51. The van der Waals surface area contributed by atoms with E-state index in [1.54, 1.807) is 24.3 Å². The lowest BCUT2D eigenvalue weighted by molar-refractivity contribution is 0.102. The van der Waals surface area contributed by atoms with Crippen molar-refractivity contribution in [2.75, 3.05) is 19.4 Å². The van der Waals surface area contributed by atoms with Crippen molar-refractivity contribution >= 4 is 42.6 Å². The van der Waals surface area contributed by atoms with Crippen LogP contribution in [0.25, 0.3) is 10.2 Å². The van der Waals surface area contributed by atoms with Crippen LogP contribution >= 0.6 is 11.3 Å². The molecule has 0 fully saturated rings. The first kappa shape index (κ1) is 17.5. The molecule has 130 valence electrons. The van der Waals surface area contributed by atoms with Crippen LogP contribution in [0.2, 0.25) is 0 Å². The van der Waals surface area contributed by atoms with E-state index in [2.05, 4.69) is 10.3 Å². The lowest BCUT2D eigenvalue weighted by Crippen LogP contribution is -2.22. The van der Waals surface area contributed by atoms with Gasteiger partial charge in [0.25, 0.3) is 5.91 Å². The molecule has 1 N–H and O–H groups in total. The lowest BCUT2D eigenvalue weighted by Gasteiger charge is -2.10. The number of hydrogen-bond donors (Lipinski definition) is 1. The Hall–Kier alpha value is -2.29. The molecule has 6 nitrogen and oxygen atoms in total. The third kappa shape index (κ3) is 3.41. The zero-order valence-electron chi connectivity index (χ0n) is 14.0. The summed E-state index contributed by atoms with van der Waals surface area (Å²) in [5.41, 5.74) is 2.10. The zero-order chi connectivity index (χ0) is 18.2. The van der Waals surface area contributed by atoms with Crippen LogP contribution in [0.1, 0.15) is 15.9 Å². The summed E-state index contributed by atoms with van der Waals surface area (Å²) in [4.78, 5) is 16.9. The molecule has 2 aromatic carbocycles. The van der Waals surface area contributed by atoms with Gasteiger partial charge in [-0.1, -0.05) is 29.5 Å². The minimum absolute atomic E-state index is 0.199. The number of nitrogens with zero attached hydrogens (tertiary/aromatic N) is 2. The first-order chi connectivity index (χ1) is 11.8. The quantitative estimate of drug-likeness (QED) is 0.760. The van der Waals surface area contributed by atoms with E-state index >= 15 is 0 Å². The minimum Gasteiger partial charge on any atom is -0.298 e. The Morgan fingerprint density at radius 2 is 1.88 bits per heavy atom. The molecule has 1 amide bonds. The second-order valence-corrected chi connectivity index (χ2v) is 8.89. The zero-order valence-corrected chi connectivity index (χ0v) is 15.6. The maximum absolute atomic E-state index is 12.4. The number of carbonyl (C=O) groups is 1. The van der Waals surface area contributed by atoms with Crippen molar-refractivity contribution in [1.82, 2.24) is 9.29 Å². The molecule has 3 rings (SSSR count). The second kappa shape index (κ2) is 6.55.